The summed E-state index contributed by atoms with van der Waals surface area (Å²) in [7, 11) is 1.81. The monoisotopic (exact) mass is 240 g/mol. The minimum atomic E-state index is -0.626. The molecule has 5 atom stereocenters. The third-order valence-corrected chi connectivity index (χ3v) is 5.04. The molecule has 2 rings (SSSR count). The Morgan fingerprint density at radius 3 is 2.47 bits per heavy atom. The molecule has 2 fully saturated rings. The third kappa shape index (κ3) is 2.82. The molecule has 3 nitrogen and oxygen atoms in total. The quantitative estimate of drug-likeness (QED) is 0.825. The van der Waals surface area contributed by atoms with Gasteiger partial charge in [0.1, 0.15) is 0 Å². The lowest BCUT2D eigenvalue weighted by atomic mass is 9.64. The first kappa shape index (κ1) is 12.9. The average Bonchev–Trinajstić information content (AvgIpc) is 2.36. The summed E-state index contributed by atoms with van der Waals surface area (Å²) in [6.07, 6.45) is 7.43. The number of carbonyl (C=O) groups is 1. The Morgan fingerprint density at radius 2 is 1.82 bits per heavy atom. The molecule has 0 spiro atoms. The molecular weight excluding hydrogens is 216 g/mol. The maximum absolute atomic E-state index is 11.0. The molecule has 0 aromatic carbocycles. The van der Waals surface area contributed by atoms with Crippen molar-refractivity contribution in [2.75, 3.05) is 7.11 Å². The molecule has 17 heavy (non-hydrogen) atoms. The van der Waals surface area contributed by atoms with Crippen LogP contribution < -0.4 is 0 Å². The molecular formula is C14H24O3. The van der Waals surface area contributed by atoms with Gasteiger partial charge in [0.2, 0.25) is 0 Å². The van der Waals surface area contributed by atoms with E-state index in [-0.39, 0.29) is 5.92 Å². The highest BCUT2D eigenvalue weighted by atomic mass is 16.5. The van der Waals surface area contributed by atoms with Gasteiger partial charge in [0, 0.05) is 7.11 Å². The molecule has 2 aliphatic rings. The van der Waals surface area contributed by atoms with Gasteiger partial charge >= 0.3 is 5.97 Å². The number of ether oxygens (including phenoxy) is 1. The highest BCUT2D eigenvalue weighted by Gasteiger charge is 2.38. The van der Waals surface area contributed by atoms with E-state index in [0.717, 1.165) is 31.1 Å². The van der Waals surface area contributed by atoms with Crippen LogP contribution in [0.5, 0.6) is 0 Å². The van der Waals surface area contributed by atoms with E-state index in [1.807, 2.05) is 14.0 Å². The summed E-state index contributed by atoms with van der Waals surface area (Å²) in [6, 6.07) is 0. The zero-order valence-electron chi connectivity index (χ0n) is 10.9. The van der Waals surface area contributed by atoms with Crippen molar-refractivity contribution in [2.45, 2.75) is 51.6 Å². The molecule has 0 saturated heterocycles. The van der Waals surface area contributed by atoms with Crippen molar-refractivity contribution in [1.82, 2.24) is 0 Å². The first-order chi connectivity index (χ1) is 8.11. The predicted octanol–water partition coefficient (Wildman–Crippen LogP) is 2.94. The van der Waals surface area contributed by atoms with Crippen LogP contribution >= 0.6 is 0 Å². The van der Waals surface area contributed by atoms with Crippen LogP contribution in [0, 0.1) is 23.7 Å². The minimum Gasteiger partial charge on any atom is -0.481 e. The zero-order chi connectivity index (χ0) is 12.4. The van der Waals surface area contributed by atoms with Crippen LogP contribution in [0.1, 0.15) is 45.4 Å². The molecule has 0 radical (unpaired) electrons. The number of fused-ring (bicyclic) bond motifs is 1. The number of carboxylic acids is 1. The van der Waals surface area contributed by atoms with Crippen molar-refractivity contribution in [1.29, 1.82) is 0 Å². The molecule has 0 aromatic heterocycles. The van der Waals surface area contributed by atoms with Crippen molar-refractivity contribution in [3.8, 4) is 0 Å². The fourth-order valence-corrected chi connectivity index (χ4v) is 3.75. The van der Waals surface area contributed by atoms with Gasteiger partial charge in [-0.15, -0.1) is 0 Å². The van der Waals surface area contributed by atoms with Crippen molar-refractivity contribution >= 4 is 5.97 Å². The minimum absolute atomic E-state index is 0.170. The van der Waals surface area contributed by atoms with Gasteiger partial charge in [-0.1, -0.05) is 6.92 Å². The van der Waals surface area contributed by atoms with Gasteiger partial charge in [-0.25, -0.2) is 0 Å². The lowest BCUT2D eigenvalue weighted by Gasteiger charge is -2.42. The summed E-state index contributed by atoms with van der Waals surface area (Å²) in [4.78, 5) is 11.0. The SMILES string of the molecule is COC1CCC2CC([C@H](C)C(=O)O)CCC2C1. The largest absolute Gasteiger partial charge is 0.481 e. The van der Waals surface area contributed by atoms with E-state index in [1.165, 1.54) is 19.3 Å². The second-order valence-corrected chi connectivity index (χ2v) is 5.89. The Bertz CT molecular complexity index is 277. The van der Waals surface area contributed by atoms with Crippen LogP contribution in [0.4, 0.5) is 0 Å². The van der Waals surface area contributed by atoms with E-state index < -0.39 is 5.97 Å². The summed E-state index contributed by atoms with van der Waals surface area (Å²) in [5, 5.41) is 9.09. The Labute approximate surface area is 104 Å². The van der Waals surface area contributed by atoms with Crippen molar-refractivity contribution in [3.63, 3.8) is 0 Å². The lowest BCUT2D eigenvalue weighted by Crippen LogP contribution is -2.36. The number of rotatable bonds is 3. The molecule has 4 unspecified atom stereocenters. The van der Waals surface area contributed by atoms with Gasteiger partial charge in [0.15, 0.2) is 0 Å². The Kier molecular flexibility index (Phi) is 4.08. The fraction of sp³-hybridized carbons (Fsp3) is 0.929. The smallest absolute Gasteiger partial charge is 0.306 e. The van der Waals surface area contributed by atoms with Crippen molar-refractivity contribution in [2.24, 2.45) is 23.7 Å². The average molecular weight is 240 g/mol. The Balaban J connectivity index is 1.91. The topological polar surface area (TPSA) is 46.5 Å². The highest BCUT2D eigenvalue weighted by molar-refractivity contribution is 5.69. The summed E-state index contributed by atoms with van der Waals surface area (Å²) in [5.74, 6) is 1.14. The molecule has 2 aliphatic carbocycles. The lowest BCUT2D eigenvalue weighted by molar-refractivity contribution is -0.144. The molecule has 0 aromatic rings. The molecule has 2 saturated carbocycles. The van der Waals surface area contributed by atoms with Gasteiger partial charge in [-0.05, 0) is 56.3 Å². The maximum Gasteiger partial charge on any atom is 0.306 e. The number of carboxylic acid groups (broad SMARTS) is 1. The summed E-state index contributed by atoms with van der Waals surface area (Å²) in [6.45, 7) is 1.87. The van der Waals surface area contributed by atoms with Crippen molar-refractivity contribution in [3.05, 3.63) is 0 Å². The third-order valence-electron chi connectivity index (χ3n) is 5.04. The first-order valence-corrected chi connectivity index (χ1v) is 6.87. The van der Waals surface area contributed by atoms with E-state index in [2.05, 4.69) is 0 Å². The number of hydrogen-bond donors (Lipinski definition) is 1. The zero-order valence-corrected chi connectivity index (χ0v) is 10.9. The Morgan fingerprint density at radius 1 is 1.18 bits per heavy atom. The van der Waals surface area contributed by atoms with Crippen LogP contribution in [-0.4, -0.2) is 24.3 Å². The van der Waals surface area contributed by atoms with E-state index in [9.17, 15) is 4.79 Å². The normalized spacial score (nSPS) is 39.4. The second kappa shape index (κ2) is 5.38. The van der Waals surface area contributed by atoms with Gasteiger partial charge in [0.25, 0.3) is 0 Å². The number of aliphatic carboxylic acids is 1. The fourth-order valence-electron chi connectivity index (χ4n) is 3.75. The molecule has 0 bridgehead atoms. The summed E-state index contributed by atoms with van der Waals surface area (Å²) < 4.78 is 5.46. The summed E-state index contributed by atoms with van der Waals surface area (Å²) in [5.41, 5.74) is 0. The molecule has 0 aliphatic heterocycles. The van der Waals surface area contributed by atoms with E-state index in [0.29, 0.717) is 12.0 Å². The van der Waals surface area contributed by atoms with Crippen LogP contribution in [0.2, 0.25) is 0 Å². The molecule has 98 valence electrons. The molecule has 0 amide bonds. The Hall–Kier alpha value is -0.570. The van der Waals surface area contributed by atoms with Crippen LogP contribution in [0.15, 0.2) is 0 Å². The van der Waals surface area contributed by atoms with Crippen LogP contribution in [0.25, 0.3) is 0 Å². The molecule has 3 heteroatoms. The van der Waals surface area contributed by atoms with E-state index in [1.54, 1.807) is 0 Å². The molecule has 1 N–H and O–H groups in total. The second-order valence-electron chi connectivity index (χ2n) is 5.89. The molecule has 0 heterocycles. The standard InChI is InChI=1S/C14H24O3/c1-9(14(15)16)10-3-4-12-8-13(17-2)6-5-11(12)7-10/h9-13H,3-8H2,1-2H3,(H,15,16)/t9-,10?,11?,12?,13?/m0/s1. The first-order valence-electron chi connectivity index (χ1n) is 6.87. The highest BCUT2D eigenvalue weighted by Crippen LogP contribution is 2.45. The predicted molar refractivity (Wildman–Crippen MR) is 65.8 cm³/mol. The van der Waals surface area contributed by atoms with Gasteiger partial charge < -0.3 is 9.84 Å². The van der Waals surface area contributed by atoms with Crippen LogP contribution in [0.3, 0.4) is 0 Å². The van der Waals surface area contributed by atoms with Gasteiger partial charge in [-0.3, -0.25) is 4.79 Å². The van der Waals surface area contributed by atoms with E-state index >= 15 is 0 Å². The number of methoxy groups -OCH3 is 1. The van der Waals surface area contributed by atoms with Gasteiger partial charge in [0.05, 0.1) is 12.0 Å². The van der Waals surface area contributed by atoms with Crippen molar-refractivity contribution < 1.29 is 14.6 Å². The summed E-state index contributed by atoms with van der Waals surface area (Å²) >= 11 is 0. The maximum atomic E-state index is 11.0. The van der Waals surface area contributed by atoms with Crippen LogP contribution in [-0.2, 0) is 9.53 Å². The van der Waals surface area contributed by atoms with Gasteiger partial charge in [-0.2, -0.15) is 0 Å². The van der Waals surface area contributed by atoms with E-state index in [4.69, 9.17) is 9.84 Å². The number of hydrogen-bond acceptors (Lipinski definition) is 2.